The van der Waals surface area contributed by atoms with Gasteiger partial charge in [0.1, 0.15) is 5.75 Å². The quantitative estimate of drug-likeness (QED) is 0.615. The maximum atomic E-state index is 10.9. The molecule has 0 amide bonds. The van der Waals surface area contributed by atoms with Crippen LogP contribution >= 0.6 is 11.8 Å². The van der Waals surface area contributed by atoms with E-state index in [1.54, 1.807) is 18.2 Å². The number of carbonyl (C=O) groups is 1. The van der Waals surface area contributed by atoms with Crippen LogP contribution in [0.5, 0.6) is 5.75 Å². The van der Waals surface area contributed by atoms with Crippen molar-refractivity contribution in [2.45, 2.75) is 18.7 Å². The Balaban J connectivity index is 2.90. The SMILES string of the molecule is CCOc1ccc(N)c(SC(C)=O)c1. The Labute approximate surface area is 87.6 Å². The van der Waals surface area contributed by atoms with Crippen LogP contribution in [0.1, 0.15) is 13.8 Å². The summed E-state index contributed by atoms with van der Waals surface area (Å²) in [6.07, 6.45) is 0. The predicted molar refractivity (Wildman–Crippen MR) is 58.6 cm³/mol. The van der Waals surface area contributed by atoms with Gasteiger partial charge in [-0.3, -0.25) is 4.79 Å². The summed E-state index contributed by atoms with van der Waals surface area (Å²) in [5.74, 6) is 0.741. The van der Waals surface area contributed by atoms with Crippen LogP contribution in [0.25, 0.3) is 0 Å². The zero-order chi connectivity index (χ0) is 10.6. The van der Waals surface area contributed by atoms with Gasteiger partial charge in [0.05, 0.1) is 6.61 Å². The maximum Gasteiger partial charge on any atom is 0.190 e. The highest BCUT2D eigenvalue weighted by Crippen LogP contribution is 2.29. The van der Waals surface area contributed by atoms with Crippen LogP contribution in [0, 0.1) is 0 Å². The second kappa shape index (κ2) is 4.91. The van der Waals surface area contributed by atoms with E-state index in [4.69, 9.17) is 10.5 Å². The van der Waals surface area contributed by atoms with E-state index in [9.17, 15) is 4.79 Å². The van der Waals surface area contributed by atoms with Crippen LogP contribution in [0.4, 0.5) is 5.69 Å². The maximum absolute atomic E-state index is 10.9. The number of nitrogen functional groups attached to an aromatic ring is 1. The highest BCUT2D eigenvalue weighted by atomic mass is 32.2. The molecule has 0 fully saturated rings. The molecule has 3 nitrogen and oxygen atoms in total. The molecule has 4 heteroatoms. The second-order valence-electron chi connectivity index (χ2n) is 2.73. The fourth-order valence-corrected chi connectivity index (χ4v) is 1.69. The van der Waals surface area contributed by atoms with Gasteiger partial charge in [0.15, 0.2) is 5.12 Å². The van der Waals surface area contributed by atoms with Crippen molar-refractivity contribution in [2.24, 2.45) is 0 Å². The lowest BCUT2D eigenvalue weighted by molar-refractivity contribution is -0.109. The summed E-state index contributed by atoms with van der Waals surface area (Å²) in [4.78, 5) is 11.7. The van der Waals surface area contributed by atoms with E-state index in [-0.39, 0.29) is 5.12 Å². The van der Waals surface area contributed by atoms with E-state index >= 15 is 0 Å². The molecule has 0 aromatic heterocycles. The first-order chi connectivity index (χ1) is 6.63. The summed E-state index contributed by atoms with van der Waals surface area (Å²) in [7, 11) is 0. The third-order valence-corrected chi connectivity index (χ3v) is 2.41. The molecule has 0 spiro atoms. The highest BCUT2D eigenvalue weighted by Gasteiger charge is 2.05. The normalized spacial score (nSPS) is 9.86. The molecule has 1 rings (SSSR count). The van der Waals surface area contributed by atoms with Gasteiger partial charge >= 0.3 is 0 Å². The number of hydrogen-bond donors (Lipinski definition) is 1. The minimum absolute atomic E-state index is 0.0188. The Morgan fingerprint density at radius 2 is 2.29 bits per heavy atom. The molecule has 0 atom stereocenters. The van der Waals surface area contributed by atoms with Crippen molar-refractivity contribution >= 4 is 22.6 Å². The lowest BCUT2D eigenvalue weighted by Crippen LogP contribution is -1.95. The Bertz CT molecular complexity index is 339. The standard InChI is InChI=1S/C10H13NO2S/c1-3-13-8-4-5-9(11)10(6-8)14-7(2)12/h4-6H,3,11H2,1-2H3. The predicted octanol–water partition coefficient (Wildman–Crippen LogP) is 2.31. The van der Waals surface area contributed by atoms with Gasteiger partial charge < -0.3 is 10.5 Å². The van der Waals surface area contributed by atoms with E-state index in [0.29, 0.717) is 12.3 Å². The number of anilines is 1. The molecule has 0 saturated carbocycles. The molecule has 1 aromatic rings. The fraction of sp³-hybridized carbons (Fsp3) is 0.300. The third-order valence-electron chi connectivity index (χ3n) is 1.55. The topological polar surface area (TPSA) is 52.3 Å². The molecule has 0 bridgehead atoms. The van der Waals surface area contributed by atoms with Crippen molar-refractivity contribution < 1.29 is 9.53 Å². The number of carbonyl (C=O) groups excluding carboxylic acids is 1. The molecule has 1 aromatic carbocycles. The first-order valence-electron chi connectivity index (χ1n) is 4.34. The summed E-state index contributed by atoms with van der Waals surface area (Å²) in [5, 5.41) is 0.0188. The van der Waals surface area contributed by atoms with Crippen molar-refractivity contribution in [3.8, 4) is 5.75 Å². The number of nitrogens with two attached hydrogens (primary N) is 1. The number of benzene rings is 1. The van der Waals surface area contributed by atoms with Crippen LogP contribution in [0.2, 0.25) is 0 Å². The largest absolute Gasteiger partial charge is 0.494 e. The van der Waals surface area contributed by atoms with Crippen molar-refractivity contribution in [3.63, 3.8) is 0 Å². The smallest absolute Gasteiger partial charge is 0.190 e. The monoisotopic (exact) mass is 211 g/mol. The van der Waals surface area contributed by atoms with E-state index in [2.05, 4.69) is 0 Å². The molecule has 0 heterocycles. The minimum Gasteiger partial charge on any atom is -0.494 e. The Morgan fingerprint density at radius 3 is 2.86 bits per heavy atom. The Kier molecular flexibility index (Phi) is 3.83. The average Bonchev–Trinajstić information content (AvgIpc) is 2.10. The zero-order valence-corrected chi connectivity index (χ0v) is 9.06. The highest BCUT2D eigenvalue weighted by molar-refractivity contribution is 8.13. The van der Waals surface area contributed by atoms with E-state index < -0.39 is 0 Å². The van der Waals surface area contributed by atoms with Crippen LogP contribution < -0.4 is 10.5 Å². The third kappa shape index (κ3) is 2.96. The summed E-state index contributed by atoms with van der Waals surface area (Å²) in [6.45, 7) is 4.03. The number of thioether (sulfide) groups is 1. The molecule has 2 N–H and O–H groups in total. The summed E-state index contributed by atoms with van der Waals surface area (Å²) in [6, 6.07) is 5.32. The van der Waals surface area contributed by atoms with E-state index in [1.165, 1.54) is 6.92 Å². The molecular formula is C10H13NO2S. The summed E-state index contributed by atoms with van der Waals surface area (Å²) >= 11 is 1.12. The lowest BCUT2D eigenvalue weighted by Gasteiger charge is -2.07. The van der Waals surface area contributed by atoms with Gasteiger partial charge in [-0.2, -0.15) is 0 Å². The molecule has 0 unspecified atom stereocenters. The summed E-state index contributed by atoms with van der Waals surface area (Å²) < 4.78 is 5.30. The van der Waals surface area contributed by atoms with Crippen LogP contribution in [-0.2, 0) is 4.79 Å². The molecular weight excluding hydrogens is 198 g/mol. The second-order valence-corrected chi connectivity index (χ2v) is 3.95. The van der Waals surface area contributed by atoms with Crippen molar-refractivity contribution in [3.05, 3.63) is 18.2 Å². The van der Waals surface area contributed by atoms with Gasteiger partial charge in [-0.25, -0.2) is 0 Å². The van der Waals surface area contributed by atoms with Crippen molar-refractivity contribution in [2.75, 3.05) is 12.3 Å². The van der Waals surface area contributed by atoms with Crippen LogP contribution in [0.15, 0.2) is 23.1 Å². The molecule has 0 radical (unpaired) electrons. The van der Waals surface area contributed by atoms with Crippen LogP contribution in [-0.4, -0.2) is 11.7 Å². The van der Waals surface area contributed by atoms with E-state index in [0.717, 1.165) is 22.4 Å². The van der Waals surface area contributed by atoms with Gasteiger partial charge in [0.25, 0.3) is 0 Å². The van der Waals surface area contributed by atoms with E-state index in [1.807, 2.05) is 6.92 Å². The molecule has 0 aliphatic carbocycles. The van der Waals surface area contributed by atoms with Gasteiger partial charge in [-0.1, -0.05) is 0 Å². The Morgan fingerprint density at radius 1 is 1.57 bits per heavy atom. The zero-order valence-electron chi connectivity index (χ0n) is 8.24. The van der Waals surface area contributed by atoms with Gasteiger partial charge in [0, 0.05) is 17.5 Å². The van der Waals surface area contributed by atoms with Gasteiger partial charge in [0.2, 0.25) is 0 Å². The first-order valence-corrected chi connectivity index (χ1v) is 5.16. The number of hydrogen-bond acceptors (Lipinski definition) is 4. The fourth-order valence-electron chi connectivity index (χ4n) is 1.01. The van der Waals surface area contributed by atoms with Gasteiger partial charge in [-0.15, -0.1) is 0 Å². The van der Waals surface area contributed by atoms with Crippen LogP contribution in [0.3, 0.4) is 0 Å². The molecule has 0 aliphatic heterocycles. The van der Waals surface area contributed by atoms with Crippen molar-refractivity contribution in [1.82, 2.24) is 0 Å². The number of ether oxygens (including phenoxy) is 1. The first kappa shape index (κ1) is 10.9. The molecule has 0 aliphatic rings. The summed E-state index contributed by atoms with van der Waals surface area (Å²) in [5.41, 5.74) is 6.31. The molecule has 14 heavy (non-hydrogen) atoms. The minimum atomic E-state index is 0.0188. The average molecular weight is 211 g/mol. The lowest BCUT2D eigenvalue weighted by atomic mass is 10.3. The van der Waals surface area contributed by atoms with Gasteiger partial charge in [-0.05, 0) is 36.9 Å². The Hall–Kier alpha value is -1.16. The molecule has 0 saturated heterocycles. The number of rotatable bonds is 3. The van der Waals surface area contributed by atoms with Crippen molar-refractivity contribution in [1.29, 1.82) is 0 Å². The molecule has 76 valence electrons.